The largest absolute Gasteiger partial charge is 0.497 e. The fraction of sp³-hybridized carbons (Fsp3) is 0.286. The zero-order valence-corrected chi connectivity index (χ0v) is 17.2. The Kier molecular flexibility index (Phi) is 5.28. The molecule has 2 aromatic rings. The summed E-state index contributed by atoms with van der Waals surface area (Å²) in [5, 5.41) is 2.95. The number of ether oxygens (including phenoxy) is 1. The number of rotatable bonds is 3. The lowest BCUT2D eigenvalue weighted by molar-refractivity contribution is -0.0634. The van der Waals surface area contributed by atoms with E-state index < -0.39 is 0 Å². The molecule has 4 rings (SSSR count). The highest BCUT2D eigenvalue weighted by Crippen LogP contribution is 2.35. The molecule has 7 heteroatoms. The molecule has 1 saturated heterocycles. The zero-order valence-electron chi connectivity index (χ0n) is 15.6. The van der Waals surface area contributed by atoms with Crippen LogP contribution in [0.2, 0.25) is 0 Å². The van der Waals surface area contributed by atoms with Gasteiger partial charge < -0.3 is 15.0 Å². The van der Waals surface area contributed by atoms with Crippen LogP contribution in [0.3, 0.4) is 0 Å². The summed E-state index contributed by atoms with van der Waals surface area (Å²) in [7, 11) is 1.66. The lowest BCUT2D eigenvalue weighted by Gasteiger charge is -2.36. The molecular weight excluding hydrogens is 422 g/mol. The number of piperidine rings is 1. The van der Waals surface area contributed by atoms with Gasteiger partial charge in [0.15, 0.2) is 0 Å². The standard InChI is InChI=1S/C21H22BrN3O3/c1-27-18-4-2-3-15(13-18)19-14-21(28-24-19)9-11-25(12-10-21)20(26)23-17-7-5-16(22)6-8-17/h2-8,13-14,24H,9-12H2,1H3,(H,23,26). The third-order valence-electron chi connectivity index (χ3n) is 5.14. The number of urea groups is 1. The number of methoxy groups -OCH3 is 1. The molecule has 146 valence electrons. The third kappa shape index (κ3) is 4.00. The molecule has 0 aliphatic carbocycles. The molecule has 0 unspecified atom stereocenters. The number of carbonyl (C=O) groups is 1. The predicted octanol–water partition coefficient (Wildman–Crippen LogP) is 4.40. The van der Waals surface area contributed by atoms with Crippen LogP contribution in [0.5, 0.6) is 5.75 Å². The molecule has 2 N–H and O–H groups in total. The molecule has 0 radical (unpaired) electrons. The average molecular weight is 444 g/mol. The van der Waals surface area contributed by atoms with Crippen LogP contribution in [0.4, 0.5) is 10.5 Å². The second kappa shape index (κ2) is 7.85. The molecule has 2 aromatic carbocycles. The van der Waals surface area contributed by atoms with E-state index >= 15 is 0 Å². The van der Waals surface area contributed by atoms with Crippen LogP contribution in [0.1, 0.15) is 18.4 Å². The summed E-state index contributed by atoms with van der Waals surface area (Å²) >= 11 is 3.40. The Labute approximate surface area is 172 Å². The van der Waals surface area contributed by atoms with Crippen molar-refractivity contribution in [2.45, 2.75) is 18.4 Å². The molecule has 2 aliphatic rings. The van der Waals surface area contributed by atoms with Crippen molar-refractivity contribution in [3.8, 4) is 5.75 Å². The van der Waals surface area contributed by atoms with Gasteiger partial charge in [0.1, 0.15) is 11.4 Å². The molecule has 0 bridgehead atoms. The second-order valence-electron chi connectivity index (χ2n) is 6.98. The number of amides is 2. The highest BCUT2D eigenvalue weighted by molar-refractivity contribution is 9.10. The Morgan fingerprint density at radius 3 is 2.68 bits per heavy atom. The average Bonchev–Trinajstić information content (AvgIpc) is 3.14. The zero-order chi connectivity index (χ0) is 19.6. The lowest BCUT2D eigenvalue weighted by atomic mass is 9.90. The van der Waals surface area contributed by atoms with Crippen LogP contribution < -0.4 is 15.5 Å². The van der Waals surface area contributed by atoms with Crippen LogP contribution in [0, 0.1) is 0 Å². The van der Waals surface area contributed by atoms with E-state index in [9.17, 15) is 4.79 Å². The number of carbonyl (C=O) groups excluding carboxylic acids is 1. The van der Waals surface area contributed by atoms with Crippen LogP contribution in [0.25, 0.3) is 5.70 Å². The van der Waals surface area contributed by atoms with Crippen LogP contribution >= 0.6 is 15.9 Å². The first-order valence-electron chi connectivity index (χ1n) is 9.20. The topological polar surface area (TPSA) is 62.8 Å². The van der Waals surface area contributed by atoms with Crippen molar-refractivity contribution < 1.29 is 14.4 Å². The van der Waals surface area contributed by atoms with E-state index in [-0.39, 0.29) is 11.6 Å². The van der Waals surface area contributed by atoms with Gasteiger partial charge in [-0.05, 0) is 42.5 Å². The molecule has 28 heavy (non-hydrogen) atoms. The summed E-state index contributed by atoms with van der Waals surface area (Å²) < 4.78 is 6.28. The van der Waals surface area contributed by atoms with Gasteiger partial charge in [-0.25, -0.2) is 4.79 Å². The Balaban J connectivity index is 1.38. The van der Waals surface area contributed by atoms with Crippen molar-refractivity contribution in [3.63, 3.8) is 0 Å². The van der Waals surface area contributed by atoms with Crippen LogP contribution in [-0.4, -0.2) is 36.7 Å². The van der Waals surface area contributed by atoms with Gasteiger partial charge in [-0.15, -0.1) is 0 Å². The normalized spacial score (nSPS) is 17.8. The van der Waals surface area contributed by atoms with E-state index in [4.69, 9.17) is 9.57 Å². The van der Waals surface area contributed by atoms with E-state index in [0.29, 0.717) is 13.1 Å². The number of nitrogens with one attached hydrogen (secondary N) is 2. The quantitative estimate of drug-likeness (QED) is 0.737. The first-order chi connectivity index (χ1) is 13.6. The van der Waals surface area contributed by atoms with Crippen LogP contribution in [-0.2, 0) is 4.84 Å². The minimum atomic E-state index is -0.382. The summed E-state index contributed by atoms with van der Waals surface area (Å²) in [6.07, 6.45) is 3.61. The maximum atomic E-state index is 12.5. The van der Waals surface area contributed by atoms with Crippen molar-refractivity contribution in [1.29, 1.82) is 0 Å². The Morgan fingerprint density at radius 1 is 1.21 bits per heavy atom. The number of halogens is 1. The molecular formula is C21H22BrN3O3. The molecule has 1 spiro atoms. The highest BCUT2D eigenvalue weighted by Gasteiger charge is 2.39. The number of likely N-dealkylation sites (tertiary alicyclic amines) is 1. The summed E-state index contributed by atoms with van der Waals surface area (Å²) in [6, 6.07) is 15.3. The van der Waals surface area contributed by atoms with E-state index in [0.717, 1.165) is 40.0 Å². The smallest absolute Gasteiger partial charge is 0.321 e. The van der Waals surface area contributed by atoms with Crippen molar-refractivity contribution in [3.05, 3.63) is 64.6 Å². The number of anilines is 1. The van der Waals surface area contributed by atoms with Crippen LogP contribution in [0.15, 0.2) is 59.1 Å². The highest BCUT2D eigenvalue weighted by atomic mass is 79.9. The Hall–Kier alpha value is -2.51. The monoisotopic (exact) mass is 443 g/mol. The van der Waals surface area contributed by atoms with E-state index in [1.807, 2.05) is 53.4 Å². The van der Waals surface area contributed by atoms with Gasteiger partial charge in [0.25, 0.3) is 0 Å². The molecule has 1 fully saturated rings. The summed E-state index contributed by atoms with van der Waals surface area (Å²) in [4.78, 5) is 20.3. The van der Waals surface area contributed by atoms with Gasteiger partial charge in [0.2, 0.25) is 0 Å². The fourth-order valence-electron chi connectivity index (χ4n) is 3.48. The minimum absolute atomic E-state index is 0.0832. The molecule has 0 saturated carbocycles. The van der Waals surface area contributed by atoms with Gasteiger partial charge in [-0.2, -0.15) is 0 Å². The lowest BCUT2D eigenvalue weighted by Crippen LogP contribution is -2.48. The van der Waals surface area contributed by atoms with Crippen molar-refractivity contribution in [2.24, 2.45) is 0 Å². The minimum Gasteiger partial charge on any atom is -0.497 e. The number of hydroxylamine groups is 1. The van der Waals surface area contributed by atoms with Gasteiger partial charge in [-0.3, -0.25) is 10.3 Å². The maximum Gasteiger partial charge on any atom is 0.321 e. The Bertz CT molecular complexity index is 890. The maximum absolute atomic E-state index is 12.5. The Morgan fingerprint density at radius 2 is 1.96 bits per heavy atom. The number of hydrogen-bond donors (Lipinski definition) is 2. The summed E-state index contributed by atoms with van der Waals surface area (Å²) in [5.41, 5.74) is 5.42. The SMILES string of the molecule is COc1cccc(C2=CC3(CCN(C(=O)Nc4ccc(Br)cc4)CC3)ON2)c1. The molecule has 2 heterocycles. The molecule has 2 amide bonds. The molecule has 0 aromatic heterocycles. The number of hydrogen-bond acceptors (Lipinski definition) is 4. The van der Waals surface area contributed by atoms with Crippen molar-refractivity contribution in [1.82, 2.24) is 10.4 Å². The van der Waals surface area contributed by atoms with E-state index in [2.05, 4.69) is 32.8 Å². The van der Waals surface area contributed by atoms with Gasteiger partial charge in [-0.1, -0.05) is 28.1 Å². The number of benzene rings is 2. The first-order valence-corrected chi connectivity index (χ1v) is 9.99. The first kappa shape index (κ1) is 18.8. The molecule has 6 nitrogen and oxygen atoms in total. The van der Waals surface area contributed by atoms with Gasteiger partial charge >= 0.3 is 6.03 Å². The summed E-state index contributed by atoms with van der Waals surface area (Å²) in [6.45, 7) is 1.26. The van der Waals surface area contributed by atoms with E-state index in [1.54, 1.807) is 7.11 Å². The fourth-order valence-corrected chi connectivity index (χ4v) is 3.75. The molecule has 2 aliphatic heterocycles. The van der Waals surface area contributed by atoms with Gasteiger partial charge in [0.05, 0.1) is 12.8 Å². The van der Waals surface area contributed by atoms with Gasteiger partial charge in [0, 0.05) is 41.7 Å². The van der Waals surface area contributed by atoms with E-state index in [1.165, 1.54) is 0 Å². The van der Waals surface area contributed by atoms with Crippen molar-refractivity contribution >= 4 is 33.3 Å². The second-order valence-corrected chi connectivity index (χ2v) is 7.90. The number of nitrogens with zero attached hydrogens (tertiary/aromatic N) is 1. The predicted molar refractivity (Wildman–Crippen MR) is 112 cm³/mol. The molecule has 0 atom stereocenters. The summed E-state index contributed by atoms with van der Waals surface area (Å²) in [5.74, 6) is 0.806. The third-order valence-corrected chi connectivity index (χ3v) is 5.67. The van der Waals surface area contributed by atoms with Crippen molar-refractivity contribution in [2.75, 3.05) is 25.5 Å².